The van der Waals surface area contributed by atoms with Gasteiger partial charge in [-0.05, 0) is 62.4 Å². The Kier molecular flexibility index (Phi) is 3.08. The van der Waals surface area contributed by atoms with Crippen molar-refractivity contribution < 1.29 is 9.21 Å². The van der Waals surface area contributed by atoms with Crippen LogP contribution in [0.5, 0.6) is 0 Å². The molecule has 1 amide bonds. The number of amides is 1. The largest absolute Gasteiger partial charge is 0.461 e. The zero-order valence-corrected chi connectivity index (χ0v) is 14.3. The third-order valence-electron chi connectivity index (χ3n) is 5.87. The van der Waals surface area contributed by atoms with Crippen LogP contribution in [-0.4, -0.2) is 34.1 Å². The number of nitrogens with one attached hydrogen (secondary N) is 1. The van der Waals surface area contributed by atoms with E-state index >= 15 is 0 Å². The van der Waals surface area contributed by atoms with E-state index < -0.39 is 0 Å². The van der Waals surface area contributed by atoms with E-state index in [0.29, 0.717) is 0 Å². The Labute approximate surface area is 146 Å². The van der Waals surface area contributed by atoms with Gasteiger partial charge in [0.15, 0.2) is 0 Å². The van der Waals surface area contributed by atoms with E-state index in [-0.39, 0.29) is 11.3 Å². The standard InChI is InChI=1S/C20H21N3O2/c1-13-9-16-10-14(3-4-17(16)25-13)19(24)23-8-2-6-20(12-23)7-5-15-11-21-22-18(15)20/h3-4,9-11H,2,5-8,12H2,1H3,(H,21,22). The molecule has 1 N–H and O–H groups in total. The Balaban J connectivity index is 1.45. The molecule has 1 saturated heterocycles. The van der Waals surface area contributed by atoms with Crippen molar-refractivity contribution in [1.29, 1.82) is 0 Å². The molecule has 1 fully saturated rings. The normalized spacial score (nSPS) is 22.7. The van der Waals surface area contributed by atoms with Crippen molar-refractivity contribution in [3.05, 3.63) is 53.0 Å². The van der Waals surface area contributed by atoms with E-state index in [2.05, 4.69) is 10.2 Å². The number of H-pyrrole nitrogens is 1. The molecular formula is C20H21N3O2. The van der Waals surface area contributed by atoms with Gasteiger partial charge in [-0.3, -0.25) is 9.89 Å². The number of piperidine rings is 1. The molecule has 0 bridgehead atoms. The van der Waals surface area contributed by atoms with E-state index in [9.17, 15) is 4.79 Å². The number of rotatable bonds is 1. The van der Waals surface area contributed by atoms with Gasteiger partial charge in [-0.2, -0.15) is 5.10 Å². The molecule has 1 aromatic carbocycles. The number of benzene rings is 1. The molecule has 3 aromatic rings. The lowest BCUT2D eigenvalue weighted by atomic mass is 9.77. The van der Waals surface area contributed by atoms with Gasteiger partial charge in [0, 0.05) is 35.1 Å². The molecule has 0 saturated carbocycles. The predicted molar refractivity (Wildman–Crippen MR) is 94.7 cm³/mol. The van der Waals surface area contributed by atoms with Crippen molar-refractivity contribution in [2.45, 2.75) is 38.0 Å². The summed E-state index contributed by atoms with van der Waals surface area (Å²) in [5, 5.41) is 8.42. The lowest BCUT2D eigenvalue weighted by Crippen LogP contribution is -2.47. The first-order valence-corrected chi connectivity index (χ1v) is 8.97. The third kappa shape index (κ3) is 2.22. The van der Waals surface area contributed by atoms with Gasteiger partial charge in [-0.1, -0.05) is 0 Å². The number of aryl methyl sites for hydroxylation is 2. The summed E-state index contributed by atoms with van der Waals surface area (Å²) < 4.78 is 5.62. The van der Waals surface area contributed by atoms with Crippen LogP contribution in [0.2, 0.25) is 0 Å². The van der Waals surface area contributed by atoms with Crippen LogP contribution in [0.25, 0.3) is 11.0 Å². The summed E-state index contributed by atoms with van der Waals surface area (Å²) in [5.41, 5.74) is 4.22. The maximum Gasteiger partial charge on any atom is 0.253 e. The minimum atomic E-state index is 0.0655. The topological polar surface area (TPSA) is 62.1 Å². The van der Waals surface area contributed by atoms with Crippen molar-refractivity contribution in [3.63, 3.8) is 0 Å². The van der Waals surface area contributed by atoms with Crippen molar-refractivity contribution in [2.75, 3.05) is 13.1 Å². The van der Waals surface area contributed by atoms with E-state index in [4.69, 9.17) is 4.42 Å². The molecule has 3 heterocycles. The summed E-state index contributed by atoms with van der Waals surface area (Å²) in [6.07, 6.45) is 6.29. The summed E-state index contributed by atoms with van der Waals surface area (Å²) in [7, 11) is 0. The number of aromatic amines is 1. The van der Waals surface area contributed by atoms with Crippen LogP contribution in [0.15, 0.2) is 34.9 Å². The monoisotopic (exact) mass is 335 g/mol. The maximum absolute atomic E-state index is 13.1. The summed E-state index contributed by atoms with van der Waals surface area (Å²) in [6.45, 7) is 3.54. The lowest BCUT2D eigenvalue weighted by Gasteiger charge is -2.40. The first-order chi connectivity index (χ1) is 12.1. The van der Waals surface area contributed by atoms with Crippen LogP contribution in [-0.2, 0) is 11.8 Å². The zero-order chi connectivity index (χ0) is 17.0. The average molecular weight is 335 g/mol. The first-order valence-electron chi connectivity index (χ1n) is 8.97. The van der Waals surface area contributed by atoms with Gasteiger partial charge in [-0.25, -0.2) is 0 Å². The van der Waals surface area contributed by atoms with Crippen LogP contribution in [0.3, 0.4) is 0 Å². The molecular weight excluding hydrogens is 314 g/mol. The van der Waals surface area contributed by atoms with Crippen molar-refractivity contribution >= 4 is 16.9 Å². The molecule has 1 aliphatic heterocycles. The smallest absolute Gasteiger partial charge is 0.253 e. The minimum Gasteiger partial charge on any atom is -0.461 e. The number of likely N-dealkylation sites (tertiary alicyclic amines) is 1. The Morgan fingerprint density at radius 2 is 2.24 bits per heavy atom. The molecule has 1 aliphatic carbocycles. The number of carbonyl (C=O) groups excluding carboxylic acids is 1. The molecule has 2 aromatic heterocycles. The fourth-order valence-corrected chi connectivity index (χ4v) is 4.66. The number of hydrogen-bond donors (Lipinski definition) is 1. The molecule has 128 valence electrons. The van der Waals surface area contributed by atoms with Gasteiger partial charge >= 0.3 is 0 Å². The van der Waals surface area contributed by atoms with Crippen LogP contribution < -0.4 is 0 Å². The highest BCUT2D eigenvalue weighted by molar-refractivity contribution is 5.98. The molecule has 5 nitrogen and oxygen atoms in total. The highest BCUT2D eigenvalue weighted by Crippen LogP contribution is 2.44. The second kappa shape index (κ2) is 5.22. The summed E-state index contributed by atoms with van der Waals surface area (Å²) in [6, 6.07) is 7.71. The predicted octanol–water partition coefficient (Wildman–Crippen LogP) is 3.58. The number of carbonyl (C=O) groups is 1. The van der Waals surface area contributed by atoms with Crippen LogP contribution in [0.1, 0.15) is 46.6 Å². The van der Waals surface area contributed by atoms with E-state index in [1.165, 1.54) is 11.3 Å². The Bertz CT molecular complexity index is 970. The summed E-state index contributed by atoms with van der Waals surface area (Å²) >= 11 is 0. The van der Waals surface area contributed by atoms with Crippen LogP contribution in [0, 0.1) is 6.92 Å². The number of furan rings is 1. The number of fused-ring (bicyclic) bond motifs is 3. The molecule has 1 unspecified atom stereocenters. The van der Waals surface area contributed by atoms with E-state index in [1.807, 2.05) is 42.3 Å². The molecule has 25 heavy (non-hydrogen) atoms. The second-order valence-corrected chi connectivity index (χ2v) is 7.49. The number of hydrogen-bond acceptors (Lipinski definition) is 3. The fraction of sp³-hybridized carbons (Fsp3) is 0.400. The molecule has 1 spiro atoms. The fourth-order valence-electron chi connectivity index (χ4n) is 4.66. The van der Waals surface area contributed by atoms with Gasteiger partial charge in [0.1, 0.15) is 11.3 Å². The maximum atomic E-state index is 13.1. The third-order valence-corrected chi connectivity index (χ3v) is 5.87. The van der Waals surface area contributed by atoms with Gasteiger partial charge in [0.25, 0.3) is 5.91 Å². The van der Waals surface area contributed by atoms with Crippen LogP contribution >= 0.6 is 0 Å². The highest BCUT2D eigenvalue weighted by atomic mass is 16.3. The minimum absolute atomic E-state index is 0.0655. The van der Waals surface area contributed by atoms with Gasteiger partial charge < -0.3 is 9.32 Å². The Hall–Kier alpha value is -2.56. The molecule has 0 radical (unpaired) electrons. The average Bonchev–Trinajstić information content (AvgIpc) is 3.30. The SMILES string of the molecule is Cc1cc2cc(C(=O)N3CCCC4(CCc5cn[nH]c54)C3)ccc2o1. The molecule has 5 heteroatoms. The first kappa shape index (κ1) is 14.8. The molecule has 5 rings (SSSR count). The molecule has 1 atom stereocenters. The summed E-state index contributed by atoms with van der Waals surface area (Å²) in [4.78, 5) is 15.1. The summed E-state index contributed by atoms with van der Waals surface area (Å²) in [5.74, 6) is 0.988. The van der Waals surface area contributed by atoms with Gasteiger partial charge in [-0.15, -0.1) is 0 Å². The highest BCUT2D eigenvalue weighted by Gasteiger charge is 2.44. The number of aromatic nitrogens is 2. The van der Waals surface area contributed by atoms with Crippen molar-refractivity contribution in [1.82, 2.24) is 15.1 Å². The van der Waals surface area contributed by atoms with E-state index in [1.54, 1.807) is 0 Å². The van der Waals surface area contributed by atoms with Crippen molar-refractivity contribution in [2.24, 2.45) is 0 Å². The van der Waals surface area contributed by atoms with Crippen molar-refractivity contribution in [3.8, 4) is 0 Å². The number of nitrogens with zero attached hydrogens (tertiary/aromatic N) is 2. The quantitative estimate of drug-likeness (QED) is 0.739. The van der Waals surface area contributed by atoms with Crippen LogP contribution in [0.4, 0.5) is 0 Å². The van der Waals surface area contributed by atoms with E-state index in [0.717, 1.165) is 61.1 Å². The molecule has 2 aliphatic rings. The Morgan fingerprint density at radius 3 is 3.16 bits per heavy atom. The second-order valence-electron chi connectivity index (χ2n) is 7.49. The van der Waals surface area contributed by atoms with Gasteiger partial charge in [0.05, 0.1) is 6.20 Å². The Morgan fingerprint density at radius 1 is 1.32 bits per heavy atom. The lowest BCUT2D eigenvalue weighted by molar-refractivity contribution is 0.0633. The zero-order valence-electron chi connectivity index (χ0n) is 14.3. The van der Waals surface area contributed by atoms with Gasteiger partial charge in [0.2, 0.25) is 0 Å².